The van der Waals surface area contributed by atoms with Crippen LogP contribution in [0.2, 0.25) is 0 Å². The fourth-order valence-electron chi connectivity index (χ4n) is 4.52. The van der Waals surface area contributed by atoms with E-state index in [1.165, 1.54) is 11.6 Å². The molecule has 0 radical (unpaired) electrons. The number of hydrogen-bond donors (Lipinski definition) is 1. The maximum absolute atomic E-state index is 14.0. The molecule has 1 atom stereocenters. The van der Waals surface area contributed by atoms with E-state index in [9.17, 15) is 9.18 Å². The van der Waals surface area contributed by atoms with Gasteiger partial charge in [-0.3, -0.25) is 4.79 Å². The van der Waals surface area contributed by atoms with E-state index in [1.807, 2.05) is 23.7 Å². The number of carbonyl (C=O) groups is 1. The molecule has 1 aromatic heterocycles. The predicted octanol–water partition coefficient (Wildman–Crippen LogP) is 5.96. The van der Waals surface area contributed by atoms with Crippen molar-refractivity contribution in [2.24, 2.45) is 0 Å². The van der Waals surface area contributed by atoms with Crippen molar-refractivity contribution in [3.63, 3.8) is 0 Å². The van der Waals surface area contributed by atoms with Crippen LogP contribution in [0.5, 0.6) is 0 Å². The van der Waals surface area contributed by atoms with Gasteiger partial charge in [-0.2, -0.15) is 5.10 Å². The number of benzene rings is 2. The molecule has 0 saturated heterocycles. The number of nitrogens with one attached hydrogen (secondary N) is 1. The number of halogens is 2. The second-order valence-electron chi connectivity index (χ2n) is 8.00. The molecule has 0 unspecified atom stereocenters. The first-order valence-electron chi connectivity index (χ1n) is 10.1. The molecule has 4 nitrogen and oxygen atoms in total. The summed E-state index contributed by atoms with van der Waals surface area (Å²) in [6, 6.07) is 13.2. The number of allylic oxidation sites excluding steroid dienone is 2. The summed E-state index contributed by atoms with van der Waals surface area (Å²) in [5, 5.41) is 8.35. The number of ketones is 1. The predicted molar refractivity (Wildman–Crippen MR) is 118 cm³/mol. The SMILES string of the molecule is Cc1ccc(-n2nc(C)c3c2NC2=C(C(=O)CCC2)[C@H]3c2ccc(F)c(Br)c2)cc1. The van der Waals surface area contributed by atoms with Gasteiger partial charge in [-0.1, -0.05) is 23.8 Å². The van der Waals surface area contributed by atoms with Gasteiger partial charge in [0.25, 0.3) is 0 Å². The Hall–Kier alpha value is -2.73. The first kappa shape index (κ1) is 19.2. The van der Waals surface area contributed by atoms with Crippen molar-refractivity contribution in [1.82, 2.24) is 9.78 Å². The fraction of sp³-hybridized carbons (Fsp3) is 0.250. The highest BCUT2D eigenvalue weighted by atomic mass is 79.9. The minimum absolute atomic E-state index is 0.155. The Balaban J connectivity index is 1.75. The molecule has 1 N–H and O–H groups in total. The van der Waals surface area contributed by atoms with Gasteiger partial charge in [0.2, 0.25) is 0 Å². The van der Waals surface area contributed by atoms with E-state index < -0.39 is 0 Å². The minimum Gasteiger partial charge on any atom is -0.343 e. The van der Waals surface area contributed by atoms with Crippen LogP contribution in [0.25, 0.3) is 5.69 Å². The Morgan fingerprint density at radius 2 is 1.90 bits per heavy atom. The normalized spacial score (nSPS) is 18.1. The molecule has 3 aromatic rings. The minimum atomic E-state index is -0.316. The zero-order valence-electron chi connectivity index (χ0n) is 16.8. The number of hydrogen-bond acceptors (Lipinski definition) is 3. The number of carbonyl (C=O) groups excluding carboxylic acids is 1. The van der Waals surface area contributed by atoms with Gasteiger partial charge in [-0.15, -0.1) is 0 Å². The summed E-state index contributed by atoms with van der Waals surface area (Å²) >= 11 is 3.31. The summed E-state index contributed by atoms with van der Waals surface area (Å²) in [5.74, 6) is 0.460. The summed E-state index contributed by atoms with van der Waals surface area (Å²) in [6.45, 7) is 4.02. The molecular weight excluding hydrogens is 445 g/mol. The van der Waals surface area contributed by atoms with Crippen LogP contribution in [0.15, 0.2) is 58.2 Å². The van der Waals surface area contributed by atoms with Crippen LogP contribution in [-0.2, 0) is 4.79 Å². The van der Waals surface area contributed by atoms with Gasteiger partial charge in [-0.05, 0) is 72.4 Å². The molecule has 30 heavy (non-hydrogen) atoms. The number of anilines is 1. The van der Waals surface area contributed by atoms with Crippen molar-refractivity contribution in [3.05, 3.63) is 86.4 Å². The monoisotopic (exact) mass is 465 g/mol. The van der Waals surface area contributed by atoms with Crippen LogP contribution < -0.4 is 5.32 Å². The van der Waals surface area contributed by atoms with Crippen molar-refractivity contribution in [3.8, 4) is 5.69 Å². The van der Waals surface area contributed by atoms with Crippen molar-refractivity contribution in [2.75, 3.05) is 5.32 Å². The highest BCUT2D eigenvalue weighted by Gasteiger charge is 2.38. The lowest BCUT2D eigenvalue weighted by atomic mass is 9.76. The Kier molecular flexibility index (Phi) is 4.62. The summed E-state index contributed by atoms with van der Waals surface area (Å²) in [4.78, 5) is 13.0. The summed E-state index contributed by atoms with van der Waals surface area (Å²) in [6.07, 6.45) is 2.19. The lowest BCUT2D eigenvalue weighted by Crippen LogP contribution is -2.27. The van der Waals surface area contributed by atoms with Crippen LogP contribution in [0.4, 0.5) is 10.2 Å². The zero-order valence-corrected chi connectivity index (χ0v) is 18.4. The molecule has 2 aliphatic rings. The van der Waals surface area contributed by atoms with Gasteiger partial charge in [0.05, 0.1) is 15.9 Å². The molecule has 0 bridgehead atoms. The second kappa shape index (κ2) is 7.20. The maximum atomic E-state index is 14.0. The van der Waals surface area contributed by atoms with Gasteiger partial charge in [0.15, 0.2) is 5.78 Å². The van der Waals surface area contributed by atoms with E-state index in [1.54, 1.807) is 12.1 Å². The second-order valence-corrected chi connectivity index (χ2v) is 8.85. The molecule has 1 aliphatic heterocycles. The van der Waals surface area contributed by atoms with Crippen LogP contribution in [-0.4, -0.2) is 15.6 Å². The smallest absolute Gasteiger partial charge is 0.161 e. The number of aromatic nitrogens is 2. The third-order valence-electron chi connectivity index (χ3n) is 5.97. The third-order valence-corrected chi connectivity index (χ3v) is 6.57. The Morgan fingerprint density at radius 3 is 2.63 bits per heavy atom. The number of Topliss-reactive ketones (excluding diaryl/α,β-unsaturated/α-hetero) is 1. The van der Waals surface area contributed by atoms with E-state index in [0.29, 0.717) is 10.9 Å². The van der Waals surface area contributed by atoms with E-state index in [-0.39, 0.29) is 17.5 Å². The van der Waals surface area contributed by atoms with Gasteiger partial charge in [0, 0.05) is 29.2 Å². The Bertz CT molecular complexity index is 1210. The van der Waals surface area contributed by atoms with Crippen LogP contribution in [0, 0.1) is 19.7 Å². The van der Waals surface area contributed by atoms with Crippen molar-refractivity contribution in [1.29, 1.82) is 0 Å². The Labute approximate surface area is 182 Å². The van der Waals surface area contributed by atoms with Gasteiger partial charge in [-0.25, -0.2) is 9.07 Å². The molecule has 6 heteroatoms. The molecule has 1 aliphatic carbocycles. The molecule has 0 saturated carbocycles. The molecule has 2 heterocycles. The van der Waals surface area contributed by atoms with E-state index in [2.05, 4.69) is 40.3 Å². The van der Waals surface area contributed by atoms with Crippen molar-refractivity contribution in [2.45, 2.75) is 39.0 Å². The summed E-state index contributed by atoms with van der Waals surface area (Å²) in [5.41, 5.74) is 6.61. The topological polar surface area (TPSA) is 46.9 Å². The summed E-state index contributed by atoms with van der Waals surface area (Å²) in [7, 11) is 0. The Morgan fingerprint density at radius 1 is 1.13 bits per heavy atom. The molecule has 0 amide bonds. The average molecular weight is 466 g/mol. The zero-order chi connectivity index (χ0) is 21.0. The average Bonchev–Trinajstić information content (AvgIpc) is 3.06. The highest BCUT2D eigenvalue weighted by Crippen LogP contribution is 2.47. The quantitative estimate of drug-likeness (QED) is 0.508. The fourth-order valence-corrected chi connectivity index (χ4v) is 4.92. The van der Waals surface area contributed by atoms with Crippen LogP contribution >= 0.6 is 15.9 Å². The number of fused-ring (bicyclic) bond motifs is 1. The first-order valence-corrected chi connectivity index (χ1v) is 10.9. The van der Waals surface area contributed by atoms with Gasteiger partial charge >= 0.3 is 0 Å². The lowest BCUT2D eigenvalue weighted by molar-refractivity contribution is -0.116. The van der Waals surface area contributed by atoms with E-state index in [4.69, 9.17) is 5.10 Å². The number of nitrogens with zero attached hydrogens (tertiary/aromatic N) is 2. The van der Waals surface area contributed by atoms with Crippen molar-refractivity contribution < 1.29 is 9.18 Å². The third kappa shape index (κ3) is 3.01. The summed E-state index contributed by atoms with van der Waals surface area (Å²) < 4.78 is 16.3. The molecule has 0 spiro atoms. The van der Waals surface area contributed by atoms with Crippen LogP contribution in [0.1, 0.15) is 47.6 Å². The molecule has 152 valence electrons. The lowest BCUT2D eigenvalue weighted by Gasteiger charge is -2.33. The highest BCUT2D eigenvalue weighted by molar-refractivity contribution is 9.10. The number of rotatable bonds is 2. The first-order chi connectivity index (χ1) is 14.4. The molecular formula is C24H21BrFN3O. The van der Waals surface area contributed by atoms with Crippen molar-refractivity contribution >= 4 is 27.5 Å². The maximum Gasteiger partial charge on any atom is 0.161 e. The largest absolute Gasteiger partial charge is 0.343 e. The molecule has 5 rings (SSSR count). The molecule has 2 aromatic carbocycles. The van der Waals surface area contributed by atoms with E-state index >= 15 is 0 Å². The van der Waals surface area contributed by atoms with Gasteiger partial charge in [0.1, 0.15) is 11.6 Å². The van der Waals surface area contributed by atoms with Gasteiger partial charge < -0.3 is 5.32 Å². The standard InChI is InChI=1S/C24H21BrFN3O/c1-13-6-9-16(10-7-13)29-24-21(14(2)28-29)22(15-8-11-18(26)17(25)12-15)23-19(27-24)4-3-5-20(23)30/h6-12,22,27H,3-5H2,1-2H3/t22-/m0/s1. The van der Waals surface area contributed by atoms with Crippen LogP contribution in [0.3, 0.4) is 0 Å². The number of aryl methyl sites for hydroxylation is 2. The van der Waals surface area contributed by atoms with E-state index in [0.717, 1.165) is 52.4 Å². The molecule has 0 fully saturated rings.